The number of rotatable bonds is 7. The van der Waals surface area contributed by atoms with Crippen molar-refractivity contribution in [1.29, 1.82) is 0 Å². The quantitative estimate of drug-likeness (QED) is 0.819. The Hall–Kier alpha value is -2.43. The molecule has 1 aromatic heterocycles. The van der Waals surface area contributed by atoms with Crippen molar-refractivity contribution in [3.63, 3.8) is 0 Å². The van der Waals surface area contributed by atoms with Crippen LogP contribution in [0.25, 0.3) is 0 Å². The van der Waals surface area contributed by atoms with Gasteiger partial charge in [0, 0.05) is 6.07 Å². The molecule has 1 aromatic carbocycles. The molecule has 0 aliphatic carbocycles. The molecule has 2 rings (SSSR count). The molecule has 0 radical (unpaired) electrons. The summed E-state index contributed by atoms with van der Waals surface area (Å²) in [5.41, 5.74) is 1.69. The summed E-state index contributed by atoms with van der Waals surface area (Å²) < 4.78 is 11.1. The number of aromatic hydroxyl groups is 1. The van der Waals surface area contributed by atoms with Gasteiger partial charge >= 0.3 is 0 Å². The van der Waals surface area contributed by atoms with Gasteiger partial charge in [0.2, 0.25) is 0 Å². The Balaban J connectivity index is 2.11. The Morgan fingerprint density at radius 2 is 1.90 bits per heavy atom. The van der Waals surface area contributed by atoms with Gasteiger partial charge in [-0.15, -0.1) is 0 Å². The summed E-state index contributed by atoms with van der Waals surface area (Å²) in [5.74, 6) is 1.73. The van der Waals surface area contributed by atoms with Gasteiger partial charge in [0.1, 0.15) is 17.2 Å². The molecule has 21 heavy (non-hydrogen) atoms. The lowest BCUT2D eigenvalue weighted by Gasteiger charge is -2.14. The lowest BCUT2D eigenvalue weighted by molar-refractivity contribution is 0.332. The minimum absolute atomic E-state index is 0.159. The fourth-order valence-electron chi connectivity index (χ4n) is 1.89. The summed E-state index contributed by atoms with van der Waals surface area (Å²) in [6.45, 7) is 5.65. The molecule has 0 spiro atoms. The van der Waals surface area contributed by atoms with Crippen LogP contribution in [0.5, 0.6) is 17.2 Å². The smallest absolute Gasteiger partial charge is 0.142 e. The molecule has 2 aromatic rings. The van der Waals surface area contributed by atoms with Crippen LogP contribution in [0.1, 0.15) is 19.5 Å². The van der Waals surface area contributed by atoms with Gasteiger partial charge in [0.15, 0.2) is 0 Å². The van der Waals surface area contributed by atoms with Crippen LogP contribution in [0.2, 0.25) is 0 Å². The zero-order valence-corrected chi connectivity index (χ0v) is 12.3. The van der Waals surface area contributed by atoms with Gasteiger partial charge in [-0.05, 0) is 38.1 Å². The SMILES string of the molecule is CCOc1ccc(OCC)c(NCc2ccc(O)cn2)c1. The summed E-state index contributed by atoms with van der Waals surface area (Å²) in [6, 6.07) is 9.08. The van der Waals surface area contributed by atoms with Crippen molar-refractivity contribution in [2.75, 3.05) is 18.5 Å². The normalized spacial score (nSPS) is 10.2. The van der Waals surface area contributed by atoms with Crippen LogP contribution >= 0.6 is 0 Å². The number of hydrogen-bond acceptors (Lipinski definition) is 5. The molecule has 0 aliphatic heterocycles. The van der Waals surface area contributed by atoms with Gasteiger partial charge in [-0.2, -0.15) is 0 Å². The largest absolute Gasteiger partial charge is 0.506 e. The van der Waals surface area contributed by atoms with Crippen molar-refractivity contribution in [3.05, 3.63) is 42.2 Å². The van der Waals surface area contributed by atoms with E-state index in [2.05, 4.69) is 10.3 Å². The predicted octanol–water partition coefficient (Wildman–Crippen LogP) is 3.20. The molecule has 1 heterocycles. The summed E-state index contributed by atoms with van der Waals surface area (Å²) in [4.78, 5) is 4.14. The van der Waals surface area contributed by atoms with Crippen molar-refractivity contribution >= 4 is 5.69 Å². The van der Waals surface area contributed by atoms with E-state index in [0.29, 0.717) is 19.8 Å². The van der Waals surface area contributed by atoms with Gasteiger partial charge in [-0.1, -0.05) is 0 Å². The third-order valence-corrected chi connectivity index (χ3v) is 2.83. The van der Waals surface area contributed by atoms with Gasteiger partial charge in [-0.25, -0.2) is 0 Å². The zero-order chi connectivity index (χ0) is 15.1. The lowest BCUT2D eigenvalue weighted by atomic mass is 10.2. The minimum atomic E-state index is 0.159. The molecule has 0 saturated heterocycles. The highest BCUT2D eigenvalue weighted by molar-refractivity contribution is 5.59. The zero-order valence-electron chi connectivity index (χ0n) is 12.3. The van der Waals surface area contributed by atoms with E-state index in [1.165, 1.54) is 6.20 Å². The van der Waals surface area contributed by atoms with Crippen molar-refractivity contribution in [3.8, 4) is 17.2 Å². The Morgan fingerprint density at radius 3 is 2.57 bits per heavy atom. The van der Waals surface area contributed by atoms with Crippen LogP contribution in [0, 0.1) is 0 Å². The minimum Gasteiger partial charge on any atom is -0.506 e. The van der Waals surface area contributed by atoms with Crippen LogP contribution in [0.4, 0.5) is 5.69 Å². The van der Waals surface area contributed by atoms with Crippen LogP contribution in [0.3, 0.4) is 0 Å². The molecule has 5 nitrogen and oxygen atoms in total. The van der Waals surface area contributed by atoms with Crippen molar-refractivity contribution in [1.82, 2.24) is 4.98 Å². The lowest BCUT2D eigenvalue weighted by Crippen LogP contribution is -2.04. The molecule has 5 heteroatoms. The summed E-state index contributed by atoms with van der Waals surface area (Å²) in [7, 11) is 0. The molecule has 0 bridgehead atoms. The summed E-state index contributed by atoms with van der Waals surface area (Å²) >= 11 is 0. The number of nitrogens with one attached hydrogen (secondary N) is 1. The Morgan fingerprint density at radius 1 is 1.10 bits per heavy atom. The van der Waals surface area contributed by atoms with Crippen LogP contribution < -0.4 is 14.8 Å². The maximum Gasteiger partial charge on any atom is 0.142 e. The Bertz CT molecular complexity index is 570. The maximum absolute atomic E-state index is 9.23. The Labute approximate surface area is 124 Å². The van der Waals surface area contributed by atoms with E-state index in [1.807, 2.05) is 32.0 Å². The molecular weight excluding hydrogens is 268 g/mol. The first kappa shape index (κ1) is 15.0. The average Bonchev–Trinajstić information content (AvgIpc) is 2.49. The average molecular weight is 288 g/mol. The van der Waals surface area contributed by atoms with E-state index < -0.39 is 0 Å². The number of nitrogens with zero attached hydrogens (tertiary/aromatic N) is 1. The third kappa shape index (κ3) is 4.27. The van der Waals surface area contributed by atoms with E-state index in [0.717, 1.165) is 22.9 Å². The highest BCUT2D eigenvalue weighted by atomic mass is 16.5. The highest BCUT2D eigenvalue weighted by Crippen LogP contribution is 2.29. The number of pyridine rings is 1. The van der Waals surface area contributed by atoms with Crippen LogP contribution in [-0.4, -0.2) is 23.3 Å². The van der Waals surface area contributed by atoms with Gasteiger partial charge in [-0.3, -0.25) is 4.98 Å². The number of hydrogen-bond donors (Lipinski definition) is 2. The monoisotopic (exact) mass is 288 g/mol. The molecule has 0 aliphatic rings. The number of aromatic nitrogens is 1. The summed E-state index contributed by atoms with van der Waals surface area (Å²) in [6.07, 6.45) is 1.43. The van der Waals surface area contributed by atoms with E-state index in [-0.39, 0.29) is 5.75 Å². The maximum atomic E-state index is 9.23. The molecule has 0 amide bonds. The first-order valence-corrected chi connectivity index (χ1v) is 7.00. The first-order valence-electron chi connectivity index (χ1n) is 7.00. The Kier molecular flexibility index (Phi) is 5.26. The molecule has 0 atom stereocenters. The van der Waals surface area contributed by atoms with Gasteiger partial charge < -0.3 is 19.9 Å². The predicted molar refractivity (Wildman–Crippen MR) is 82.0 cm³/mol. The van der Waals surface area contributed by atoms with Crippen molar-refractivity contribution < 1.29 is 14.6 Å². The van der Waals surface area contributed by atoms with Crippen LogP contribution in [-0.2, 0) is 6.54 Å². The van der Waals surface area contributed by atoms with Gasteiger partial charge in [0.05, 0.1) is 37.3 Å². The fraction of sp³-hybridized carbons (Fsp3) is 0.312. The molecular formula is C16H20N2O3. The molecule has 112 valence electrons. The standard InChI is InChI=1S/C16H20N2O3/c1-3-20-14-7-8-16(21-4-2)15(9-14)18-10-12-5-6-13(19)11-17-12/h5-9,11,18-19H,3-4,10H2,1-2H3. The summed E-state index contributed by atoms with van der Waals surface area (Å²) in [5, 5.41) is 12.5. The first-order chi connectivity index (χ1) is 10.2. The third-order valence-electron chi connectivity index (χ3n) is 2.83. The van der Waals surface area contributed by atoms with E-state index in [4.69, 9.17) is 9.47 Å². The van der Waals surface area contributed by atoms with Crippen molar-refractivity contribution in [2.45, 2.75) is 20.4 Å². The fourth-order valence-corrected chi connectivity index (χ4v) is 1.89. The molecule has 0 unspecified atom stereocenters. The molecule has 2 N–H and O–H groups in total. The highest BCUT2D eigenvalue weighted by Gasteiger charge is 2.06. The number of anilines is 1. The number of ether oxygens (including phenoxy) is 2. The number of benzene rings is 1. The second-order valence-electron chi connectivity index (χ2n) is 4.39. The van der Waals surface area contributed by atoms with Gasteiger partial charge in [0.25, 0.3) is 0 Å². The van der Waals surface area contributed by atoms with Crippen molar-refractivity contribution in [2.24, 2.45) is 0 Å². The van der Waals surface area contributed by atoms with E-state index in [1.54, 1.807) is 12.1 Å². The molecule has 0 fully saturated rings. The second-order valence-corrected chi connectivity index (χ2v) is 4.39. The molecule has 0 saturated carbocycles. The topological polar surface area (TPSA) is 63.6 Å². The second kappa shape index (κ2) is 7.38. The van der Waals surface area contributed by atoms with Crippen LogP contribution in [0.15, 0.2) is 36.5 Å². The van der Waals surface area contributed by atoms with E-state index >= 15 is 0 Å². The van der Waals surface area contributed by atoms with E-state index in [9.17, 15) is 5.11 Å².